The highest BCUT2D eigenvalue weighted by Crippen LogP contribution is 2.36. The van der Waals surface area contributed by atoms with Crippen molar-refractivity contribution in [2.45, 2.75) is 32.6 Å². The maximum absolute atomic E-state index is 12.5. The van der Waals surface area contributed by atoms with E-state index in [1.165, 1.54) is 0 Å². The summed E-state index contributed by atoms with van der Waals surface area (Å²) >= 11 is 0. The van der Waals surface area contributed by atoms with Crippen LogP contribution in [0.4, 0.5) is 4.79 Å². The SMILES string of the molecule is CCCC1(C(=O)O)CCN(C(=O)N2CCNC(=O)CC2)C1. The molecule has 0 aromatic rings. The number of carbonyl (C=O) groups is 3. The molecule has 2 aliphatic heterocycles. The van der Waals surface area contributed by atoms with Gasteiger partial charge in [0.2, 0.25) is 5.91 Å². The first-order valence-electron chi connectivity index (χ1n) is 7.52. The molecule has 7 nitrogen and oxygen atoms in total. The number of rotatable bonds is 3. The van der Waals surface area contributed by atoms with Gasteiger partial charge in [-0.05, 0) is 12.8 Å². The highest BCUT2D eigenvalue weighted by molar-refractivity contribution is 5.81. The number of hydrogen-bond acceptors (Lipinski definition) is 3. The molecule has 118 valence electrons. The summed E-state index contributed by atoms with van der Waals surface area (Å²) in [7, 11) is 0. The number of carbonyl (C=O) groups excluding carboxylic acids is 2. The number of urea groups is 1. The number of nitrogens with one attached hydrogen (secondary N) is 1. The van der Waals surface area contributed by atoms with Crippen molar-refractivity contribution in [3.63, 3.8) is 0 Å². The number of hydrogen-bond donors (Lipinski definition) is 2. The summed E-state index contributed by atoms with van der Waals surface area (Å²) in [6, 6.07) is -0.147. The molecule has 1 unspecified atom stereocenters. The fraction of sp³-hybridized carbons (Fsp3) is 0.786. The van der Waals surface area contributed by atoms with Crippen LogP contribution in [0.25, 0.3) is 0 Å². The topological polar surface area (TPSA) is 89.9 Å². The van der Waals surface area contributed by atoms with Gasteiger partial charge >= 0.3 is 12.0 Å². The van der Waals surface area contributed by atoms with Crippen LogP contribution in [0.5, 0.6) is 0 Å². The predicted octanol–water partition coefficient (Wildman–Crippen LogP) is 0.505. The van der Waals surface area contributed by atoms with Gasteiger partial charge in [0.15, 0.2) is 0 Å². The fourth-order valence-corrected chi connectivity index (χ4v) is 3.16. The molecular weight excluding hydrogens is 274 g/mol. The van der Waals surface area contributed by atoms with E-state index >= 15 is 0 Å². The summed E-state index contributed by atoms with van der Waals surface area (Å²) in [5, 5.41) is 12.2. The number of aliphatic carboxylic acids is 1. The number of carboxylic acids is 1. The Bertz CT molecular complexity index is 440. The number of carboxylic acid groups (broad SMARTS) is 1. The maximum Gasteiger partial charge on any atom is 0.320 e. The van der Waals surface area contributed by atoms with Crippen LogP contribution in [0, 0.1) is 5.41 Å². The first kappa shape index (κ1) is 15.6. The zero-order valence-corrected chi connectivity index (χ0v) is 12.4. The zero-order chi connectivity index (χ0) is 15.5. The predicted molar refractivity (Wildman–Crippen MR) is 75.8 cm³/mol. The number of amides is 3. The number of likely N-dealkylation sites (tertiary alicyclic amines) is 1. The summed E-state index contributed by atoms with van der Waals surface area (Å²) in [4.78, 5) is 38.6. The van der Waals surface area contributed by atoms with Crippen LogP contribution in [-0.4, -0.2) is 65.5 Å². The quantitative estimate of drug-likeness (QED) is 0.794. The Labute approximate surface area is 124 Å². The molecule has 21 heavy (non-hydrogen) atoms. The van der Waals surface area contributed by atoms with Crippen LogP contribution in [0.3, 0.4) is 0 Å². The van der Waals surface area contributed by atoms with Crippen LogP contribution in [0.2, 0.25) is 0 Å². The van der Waals surface area contributed by atoms with Gasteiger partial charge in [0.1, 0.15) is 0 Å². The van der Waals surface area contributed by atoms with Crippen molar-refractivity contribution >= 4 is 17.9 Å². The van der Waals surface area contributed by atoms with Gasteiger partial charge in [0.05, 0.1) is 5.41 Å². The summed E-state index contributed by atoms with van der Waals surface area (Å²) in [6.45, 7) is 4.04. The normalized spacial score (nSPS) is 26.4. The van der Waals surface area contributed by atoms with E-state index in [-0.39, 0.29) is 18.5 Å². The van der Waals surface area contributed by atoms with Crippen molar-refractivity contribution in [1.82, 2.24) is 15.1 Å². The summed E-state index contributed by atoms with van der Waals surface area (Å²) < 4.78 is 0. The molecule has 2 fully saturated rings. The molecule has 0 aromatic carbocycles. The van der Waals surface area contributed by atoms with E-state index in [2.05, 4.69) is 5.32 Å². The highest BCUT2D eigenvalue weighted by Gasteiger charge is 2.46. The number of nitrogens with zero attached hydrogens (tertiary/aromatic N) is 2. The third-order valence-corrected chi connectivity index (χ3v) is 4.39. The third-order valence-electron chi connectivity index (χ3n) is 4.39. The fourth-order valence-electron chi connectivity index (χ4n) is 3.16. The summed E-state index contributed by atoms with van der Waals surface area (Å²) in [5.74, 6) is -0.857. The Hall–Kier alpha value is -1.79. The smallest absolute Gasteiger partial charge is 0.320 e. The molecule has 0 radical (unpaired) electrons. The molecule has 0 spiro atoms. The lowest BCUT2D eigenvalue weighted by molar-refractivity contribution is -0.148. The lowest BCUT2D eigenvalue weighted by atomic mass is 9.83. The van der Waals surface area contributed by atoms with Gasteiger partial charge in [0, 0.05) is 39.1 Å². The summed E-state index contributed by atoms with van der Waals surface area (Å²) in [5.41, 5.74) is -0.801. The average Bonchev–Trinajstić information content (AvgIpc) is 2.76. The molecule has 2 N–H and O–H groups in total. The van der Waals surface area contributed by atoms with E-state index in [4.69, 9.17) is 0 Å². The molecule has 2 rings (SSSR count). The van der Waals surface area contributed by atoms with Gasteiger partial charge in [-0.1, -0.05) is 13.3 Å². The maximum atomic E-state index is 12.5. The first-order chi connectivity index (χ1) is 9.98. The van der Waals surface area contributed by atoms with E-state index < -0.39 is 11.4 Å². The molecule has 2 aliphatic rings. The van der Waals surface area contributed by atoms with Gasteiger partial charge in [-0.2, -0.15) is 0 Å². The van der Waals surface area contributed by atoms with E-state index in [0.29, 0.717) is 45.4 Å². The standard InChI is InChI=1S/C14H23N3O4/c1-2-4-14(12(19)20)5-8-17(10-14)13(21)16-7-3-11(18)15-6-9-16/h2-10H2,1H3,(H,15,18)(H,19,20). The second-order valence-corrected chi connectivity index (χ2v) is 5.88. The lowest BCUT2D eigenvalue weighted by Gasteiger charge is -2.28. The molecule has 0 aromatic heterocycles. The van der Waals surface area contributed by atoms with Crippen LogP contribution >= 0.6 is 0 Å². The Morgan fingerprint density at radius 1 is 1.29 bits per heavy atom. The zero-order valence-electron chi connectivity index (χ0n) is 12.4. The van der Waals surface area contributed by atoms with Crippen molar-refractivity contribution < 1.29 is 19.5 Å². The lowest BCUT2D eigenvalue weighted by Crippen LogP contribution is -2.45. The molecule has 3 amide bonds. The monoisotopic (exact) mass is 297 g/mol. The minimum atomic E-state index is -0.813. The molecule has 2 saturated heterocycles. The van der Waals surface area contributed by atoms with Crippen LogP contribution < -0.4 is 5.32 Å². The van der Waals surface area contributed by atoms with E-state index in [1.807, 2.05) is 6.92 Å². The van der Waals surface area contributed by atoms with Crippen molar-refractivity contribution in [3.05, 3.63) is 0 Å². The van der Waals surface area contributed by atoms with E-state index in [1.54, 1.807) is 9.80 Å². The minimum absolute atomic E-state index is 0.0439. The Kier molecular flexibility index (Phi) is 4.69. The van der Waals surface area contributed by atoms with Crippen molar-refractivity contribution in [2.24, 2.45) is 5.41 Å². The Morgan fingerprint density at radius 2 is 2.05 bits per heavy atom. The van der Waals surface area contributed by atoms with Gasteiger partial charge in [0.25, 0.3) is 0 Å². The average molecular weight is 297 g/mol. The molecular formula is C14H23N3O4. The second-order valence-electron chi connectivity index (χ2n) is 5.88. The van der Waals surface area contributed by atoms with Gasteiger partial charge < -0.3 is 20.2 Å². The molecule has 7 heteroatoms. The molecule has 0 saturated carbocycles. The Balaban J connectivity index is 2.01. The molecule has 0 bridgehead atoms. The van der Waals surface area contributed by atoms with Crippen molar-refractivity contribution in [3.8, 4) is 0 Å². The molecule has 2 heterocycles. The van der Waals surface area contributed by atoms with Crippen LogP contribution in [0.1, 0.15) is 32.6 Å². The van der Waals surface area contributed by atoms with Crippen LogP contribution in [0.15, 0.2) is 0 Å². The van der Waals surface area contributed by atoms with E-state index in [9.17, 15) is 19.5 Å². The van der Waals surface area contributed by atoms with Gasteiger partial charge in [-0.3, -0.25) is 9.59 Å². The second kappa shape index (κ2) is 6.32. The highest BCUT2D eigenvalue weighted by atomic mass is 16.4. The van der Waals surface area contributed by atoms with Crippen molar-refractivity contribution in [1.29, 1.82) is 0 Å². The van der Waals surface area contributed by atoms with E-state index in [0.717, 1.165) is 6.42 Å². The minimum Gasteiger partial charge on any atom is -0.481 e. The Morgan fingerprint density at radius 3 is 2.71 bits per heavy atom. The van der Waals surface area contributed by atoms with Gasteiger partial charge in [-0.15, -0.1) is 0 Å². The third kappa shape index (κ3) is 3.28. The molecule has 1 atom stereocenters. The first-order valence-corrected chi connectivity index (χ1v) is 7.52. The van der Waals surface area contributed by atoms with Crippen LogP contribution in [-0.2, 0) is 9.59 Å². The molecule has 0 aliphatic carbocycles. The van der Waals surface area contributed by atoms with Crippen molar-refractivity contribution in [2.75, 3.05) is 32.7 Å². The van der Waals surface area contributed by atoms with Gasteiger partial charge in [-0.25, -0.2) is 4.79 Å². The largest absolute Gasteiger partial charge is 0.481 e. The summed E-state index contributed by atoms with van der Waals surface area (Å²) in [6.07, 6.45) is 2.19.